The topological polar surface area (TPSA) is 32.5 Å². The fourth-order valence-electron chi connectivity index (χ4n) is 2.82. The molecule has 1 saturated heterocycles. The largest absolute Gasteiger partial charge is 0.369 e. The van der Waals surface area contributed by atoms with Gasteiger partial charge in [-0.2, -0.15) is 0 Å². The number of unbranched alkanes of at least 4 members (excludes halogenated alkanes) is 3. The normalized spacial score (nSPS) is 16.4. The first-order chi connectivity index (χ1) is 10.2. The SMILES string of the molecule is [CH2]CCCCCN1CCN(c2ccc(CN)c(Cl)c2)CC1. The summed E-state index contributed by atoms with van der Waals surface area (Å²) in [5.41, 5.74) is 7.89. The minimum atomic E-state index is 0.500. The summed E-state index contributed by atoms with van der Waals surface area (Å²) >= 11 is 6.25. The Labute approximate surface area is 134 Å². The fraction of sp³-hybridized carbons (Fsp3) is 0.588. The molecule has 1 aliphatic heterocycles. The number of benzene rings is 1. The Morgan fingerprint density at radius 3 is 2.48 bits per heavy atom. The van der Waals surface area contributed by atoms with Crippen molar-refractivity contribution in [3.05, 3.63) is 35.7 Å². The molecular formula is C17H27ClN3. The van der Waals surface area contributed by atoms with Crippen LogP contribution in [0.3, 0.4) is 0 Å². The highest BCUT2D eigenvalue weighted by Crippen LogP contribution is 2.24. The molecule has 0 bridgehead atoms. The van der Waals surface area contributed by atoms with Crippen molar-refractivity contribution in [2.24, 2.45) is 5.73 Å². The van der Waals surface area contributed by atoms with Crippen molar-refractivity contribution in [1.29, 1.82) is 0 Å². The van der Waals surface area contributed by atoms with Gasteiger partial charge in [0.2, 0.25) is 0 Å². The van der Waals surface area contributed by atoms with E-state index in [9.17, 15) is 0 Å². The molecule has 1 aromatic rings. The van der Waals surface area contributed by atoms with Crippen LogP contribution in [0, 0.1) is 6.92 Å². The van der Waals surface area contributed by atoms with Crippen LogP contribution in [-0.4, -0.2) is 37.6 Å². The second-order valence-electron chi connectivity index (χ2n) is 5.72. The van der Waals surface area contributed by atoms with E-state index >= 15 is 0 Å². The second kappa shape index (κ2) is 8.62. The number of nitrogens with zero attached hydrogens (tertiary/aromatic N) is 2. The fourth-order valence-corrected chi connectivity index (χ4v) is 3.07. The Hall–Kier alpha value is -0.770. The molecule has 1 radical (unpaired) electrons. The standard InChI is InChI=1S/C17H27ClN3/c1-2-3-4-5-8-20-9-11-21(12-10-20)16-7-6-15(14-19)17(18)13-16/h6-7,13H,1-5,8-12,14,19H2. The number of rotatable bonds is 7. The van der Waals surface area contributed by atoms with Gasteiger partial charge in [0.15, 0.2) is 0 Å². The summed E-state index contributed by atoms with van der Waals surface area (Å²) in [6.45, 7) is 10.1. The van der Waals surface area contributed by atoms with Crippen LogP contribution in [0.4, 0.5) is 5.69 Å². The van der Waals surface area contributed by atoms with E-state index in [0.29, 0.717) is 6.54 Å². The first-order valence-corrected chi connectivity index (χ1v) is 8.37. The summed E-state index contributed by atoms with van der Waals surface area (Å²) in [6.07, 6.45) is 4.92. The second-order valence-corrected chi connectivity index (χ2v) is 6.13. The van der Waals surface area contributed by atoms with E-state index in [1.807, 2.05) is 12.1 Å². The highest BCUT2D eigenvalue weighted by Gasteiger charge is 2.17. The number of hydrogen-bond acceptors (Lipinski definition) is 3. The van der Waals surface area contributed by atoms with Gasteiger partial charge in [-0.25, -0.2) is 0 Å². The molecule has 117 valence electrons. The molecule has 0 saturated carbocycles. The summed E-state index contributed by atoms with van der Waals surface area (Å²) in [4.78, 5) is 4.98. The van der Waals surface area contributed by atoms with Crippen molar-refractivity contribution in [3.63, 3.8) is 0 Å². The van der Waals surface area contributed by atoms with Gasteiger partial charge in [0.25, 0.3) is 0 Å². The van der Waals surface area contributed by atoms with Gasteiger partial charge in [0, 0.05) is 43.4 Å². The lowest BCUT2D eigenvalue weighted by atomic mass is 10.1. The first-order valence-electron chi connectivity index (χ1n) is 7.99. The lowest BCUT2D eigenvalue weighted by Crippen LogP contribution is -2.46. The van der Waals surface area contributed by atoms with Gasteiger partial charge in [0.05, 0.1) is 0 Å². The molecule has 0 atom stereocenters. The third-order valence-corrected chi connectivity index (χ3v) is 4.57. The van der Waals surface area contributed by atoms with Crippen LogP contribution in [0.2, 0.25) is 5.02 Å². The van der Waals surface area contributed by atoms with Crippen molar-refractivity contribution in [2.45, 2.75) is 32.2 Å². The highest BCUT2D eigenvalue weighted by molar-refractivity contribution is 6.31. The van der Waals surface area contributed by atoms with Crippen LogP contribution in [0.5, 0.6) is 0 Å². The molecular weight excluding hydrogens is 282 g/mol. The third-order valence-electron chi connectivity index (χ3n) is 4.22. The maximum absolute atomic E-state index is 6.25. The number of nitrogens with two attached hydrogens (primary N) is 1. The average Bonchev–Trinajstić information content (AvgIpc) is 2.52. The van der Waals surface area contributed by atoms with Crippen LogP contribution in [0.1, 0.15) is 31.2 Å². The quantitative estimate of drug-likeness (QED) is 0.784. The number of piperazine rings is 1. The molecule has 2 N–H and O–H groups in total. The van der Waals surface area contributed by atoms with Crippen LogP contribution >= 0.6 is 11.6 Å². The first kappa shape index (κ1) is 16.6. The van der Waals surface area contributed by atoms with E-state index in [0.717, 1.165) is 43.2 Å². The van der Waals surface area contributed by atoms with Crippen LogP contribution < -0.4 is 10.6 Å². The summed E-state index contributed by atoms with van der Waals surface area (Å²) < 4.78 is 0. The van der Waals surface area contributed by atoms with Gasteiger partial charge < -0.3 is 10.6 Å². The molecule has 1 heterocycles. The Balaban J connectivity index is 1.79. The molecule has 21 heavy (non-hydrogen) atoms. The summed E-state index contributed by atoms with van der Waals surface area (Å²) in [6, 6.07) is 6.23. The maximum Gasteiger partial charge on any atom is 0.0471 e. The van der Waals surface area contributed by atoms with E-state index in [1.54, 1.807) is 0 Å². The molecule has 4 heteroatoms. The molecule has 0 aliphatic carbocycles. The molecule has 0 unspecified atom stereocenters. The molecule has 1 fully saturated rings. The molecule has 0 amide bonds. The van der Waals surface area contributed by atoms with Gasteiger partial charge in [0.1, 0.15) is 0 Å². The smallest absolute Gasteiger partial charge is 0.0471 e. The number of hydrogen-bond donors (Lipinski definition) is 1. The van der Waals surface area contributed by atoms with Crippen molar-refractivity contribution in [3.8, 4) is 0 Å². The molecule has 1 aromatic carbocycles. The summed E-state index contributed by atoms with van der Waals surface area (Å²) in [5.74, 6) is 0. The van der Waals surface area contributed by atoms with Crippen LogP contribution in [0.25, 0.3) is 0 Å². The van der Waals surface area contributed by atoms with Crippen LogP contribution in [-0.2, 0) is 6.54 Å². The van der Waals surface area contributed by atoms with Crippen molar-refractivity contribution < 1.29 is 0 Å². The molecule has 1 aliphatic rings. The predicted octanol–water partition coefficient (Wildman–Crippen LogP) is 3.32. The average molecular weight is 309 g/mol. The Morgan fingerprint density at radius 2 is 1.86 bits per heavy atom. The van der Waals surface area contributed by atoms with Gasteiger partial charge in [-0.05, 0) is 30.7 Å². The van der Waals surface area contributed by atoms with E-state index in [4.69, 9.17) is 17.3 Å². The number of anilines is 1. The minimum absolute atomic E-state index is 0.500. The van der Waals surface area contributed by atoms with E-state index < -0.39 is 0 Å². The van der Waals surface area contributed by atoms with Crippen LogP contribution in [0.15, 0.2) is 18.2 Å². The molecule has 0 spiro atoms. The summed E-state index contributed by atoms with van der Waals surface area (Å²) in [5, 5.41) is 0.783. The van der Waals surface area contributed by atoms with Gasteiger partial charge in [-0.3, -0.25) is 4.90 Å². The highest BCUT2D eigenvalue weighted by atomic mass is 35.5. The maximum atomic E-state index is 6.25. The zero-order chi connectivity index (χ0) is 15.1. The Bertz CT molecular complexity index is 428. The van der Waals surface area contributed by atoms with E-state index in [2.05, 4.69) is 22.8 Å². The van der Waals surface area contributed by atoms with Gasteiger partial charge in [-0.15, -0.1) is 0 Å². The molecule has 3 nitrogen and oxygen atoms in total. The lowest BCUT2D eigenvalue weighted by molar-refractivity contribution is 0.252. The zero-order valence-electron chi connectivity index (χ0n) is 12.9. The zero-order valence-corrected chi connectivity index (χ0v) is 13.6. The van der Waals surface area contributed by atoms with Crippen molar-refractivity contribution in [2.75, 3.05) is 37.6 Å². The summed E-state index contributed by atoms with van der Waals surface area (Å²) in [7, 11) is 0. The molecule has 0 aromatic heterocycles. The van der Waals surface area contributed by atoms with Crippen molar-refractivity contribution in [1.82, 2.24) is 4.90 Å². The van der Waals surface area contributed by atoms with E-state index in [-0.39, 0.29) is 0 Å². The predicted molar refractivity (Wildman–Crippen MR) is 91.8 cm³/mol. The number of halogens is 1. The van der Waals surface area contributed by atoms with Gasteiger partial charge >= 0.3 is 0 Å². The van der Waals surface area contributed by atoms with E-state index in [1.165, 1.54) is 31.5 Å². The lowest BCUT2D eigenvalue weighted by Gasteiger charge is -2.36. The Kier molecular flexibility index (Phi) is 6.81. The third kappa shape index (κ3) is 4.87. The Morgan fingerprint density at radius 1 is 1.10 bits per heavy atom. The minimum Gasteiger partial charge on any atom is -0.369 e. The molecule has 2 rings (SSSR count). The monoisotopic (exact) mass is 308 g/mol. The van der Waals surface area contributed by atoms with Gasteiger partial charge in [-0.1, -0.05) is 43.9 Å². The van der Waals surface area contributed by atoms with Crippen molar-refractivity contribution >= 4 is 17.3 Å².